The molecule has 18 heavy (non-hydrogen) atoms. The molecule has 96 valence electrons. The third kappa shape index (κ3) is 1.72. The summed E-state index contributed by atoms with van der Waals surface area (Å²) in [5.74, 6) is 0.344. The molecular formula is C14H16FNO2. The maximum absolute atomic E-state index is 13.3. The minimum Gasteiger partial charge on any atom is -0.486 e. The number of fused-ring (bicyclic) bond motifs is 1. The summed E-state index contributed by atoms with van der Waals surface area (Å²) in [6, 6.07) is 4.15. The molecule has 1 saturated heterocycles. The van der Waals surface area contributed by atoms with Crippen molar-refractivity contribution in [1.29, 1.82) is 0 Å². The largest absolute Gasteiger partial charge is 0.486 e. The molecule has 0 aromatic heterocycles. The molecule has 1 aromatic rings. The molecule has 2 heterocycles. The quantitative estimate of drug-likeness (QED) is 0.765. The van der Waals surface area contributed by atoms with Gasteiger partial charge in [0, 0.05) is 24.9 Å². The Hall–Kier alpha value is -1.42. The maximum Gasteiger partial charge on any atom is 0.170 e. The molecule has 0 bridgehead atoms. The van der Waals surface area contributed by atoms with Gasteiger partial charge in [-0.15, -0.1) is 0 Å². The van der Waals surface area contributed by atoms with E-state index >= 15 is 0 Å². The topological polar surface area (TPSA) is 38.3 Å². The second-order valence-electron chi connectivity index (χ2n) is 5.26. The zero-order valence-electron chi connectivity index (χ0n) is 10.3. The zero-order valence-corrected chi connectivity index (χ0v) is 10.3. The Kier molecular flexibility index (Phi) is 2.63. The van der Waals surface area contributed by atoms with E-state index in [0.29, 0.717) is 17.7 Å². The monoisotopic (exact) mass is 249 g/mol. The standard InChI is InChI=1S/C14H16FNO2/c1-9-8-16-5-4-14(9)7-12(17)11-3-2-10(15)6-13(11)18-14/h2-3,6,9,16H,4-5,7-8H2,1H3. The summed E-state index contributed by atoms with van der Waals surface area (Å²) < 4.78 is 19.3. The van der Waals surface area contributed by atoms with Gasteiger partial charge >= 0.3 is 0 Å². The highest BCUT2D eigenvalue weighted by Gasteiger charge is 2.45. The number of ketones is 1. The van der Waals surface area contributed by atoms with E-state index in [1.807, 2.05) is 0 Å². The van der Waals surface area contributed by atoms with E-state index in [4.69, 9.17) is 4.74 Å². The molecule has 4 heteroatoms. The van der Waals surface area contributed by atoms with Crippen molar-refractivity contribution in [3.05, 3.63) is 29.6 Å². The van der Waals surface area contributed by atoms with E-state index in [-0.39, 0.29) is 17.5 Å². The Balaban J connectivity index is 2.01. The van der Waals surface area contributed by atoms with E-state index in [1.54, 1.807) is 0 Å². The lowest BCUT2D eigenvalue weighted by atomic mass is 9.76. The molecule has 1 aromatic carbocycles. The normalized spacial score (nSPS) is 31.0. The Morgan fingerprint density at radius 1 is 1.50 bits per heavy atom. The second kappa shape index (κ2) is 4.05. The lowest BCUT2D eigenvalue weighted by Crippen LogP contribution is -2.55. The number of hydrogen-bond acceptors (Lipinski definition) is 3. The predicted octanol–water partition coefficient (Wildman–Crippen LogP) is 2.16. The summed E-state index contributed by atoms with van der Waals surface area (Å²) in [4.78, 5) is 12.2. The van der Waals surface area contributed by atoms with Crippen LogP contribution in [0.2, 0.25) is 0 Å². The Morgan fingerprint density at radius 3 is 3.11 bits per heavy atom. The third-order valence-corrected chi connectivity index (χ3v) is 4.09. The minimum absolute atomic E-state index is 0.0602. The number of nitrogens with one attached hydrogen (secondary N) is 1. The predicted molar refractivity (Wildman–Crippen MR) is 65.4 cm³/mol. The second-order valence-corrected chi connectivity index (χ2v) is 5.26. The van der Waals surface area contributed by atoms with Gasteiger partial charge in [0.05, 0.1) is 12.0 Å². The van der Waals surface area contributed by atoms with Crippen LogP contribution in [-0.2, 0) is 0 Å². The van der Waals surface area contributed by atoms with Gasteiger partial charge < -0.3 is 10.1 Å². The van der Waals surface area contributed by atoms with Crippen LogP contribution in [0.3, 0.4) is 0 Å². The van der Waals surface area contributed by atoms with E-state index in [1.165, 1.54) is 18.2 Å². The van der Waals surface area contributed by atoms with Crippen LogP contribution in [-0.4, -0.2) is 24.5 Å². The van der Waals surface area contributed by atoms with Gasteiger partial charge in [0.2, 0.25) is 0 Å². The summed E-state index contributed by atoms with van der Waals surface area (Å²) in [6.45, 7) is 3.74. The van der Waals surface area contributed by atoms with Crippen LogP contribution in [0.1, 0.15) is 30.1 Å². The Bertz CT molecular complexity index is 503. The fourth-order valence-electron chi connectivity index (χ4n) is 2.90. The number of ether oxygens (including phenoxy) is 1. The molecule has 2 atom stereocenters. The maximum atomic E-state index is 13.3. The zero-order chi connectivity index (χ0) is 12.8. The van der Waals surface area contributed by atoms with E-state index < -0.39 is 5.60 Å². The molecule has 3 rings (SSSR count). The van der Waals surface area contributed by atoms with E-state index in [9.17, 15) is 9.18 Å². The molecule has 2 aliphatic rings. The first-order chi connectivity index (χ1) is 8.61. The van der Waals surface area contributed by atoms with Crippen LogP contribution in [0.15, 0.2) is 18.2 Å². The summed E-state index contributed by atoms with van der Waals surface area (Å²) in [5.41, 5.74) is 0.0520. The van der Waals surface area contributed by atoms with Gasteiger partial charge in [-0.05, 0) is 18.7 Å². The number of rotatable bonds is 0. The summed E-state index contributed by atoms with van der Waals surface area (Å²) in [6.07, 6.45) is 1.18. The number of hydrogen-bond donors (Lipinski definition) is 1. The summed E-state index contributed by atoms with van der Waals surface area (Å²) in [5, 5.41) is 3.29. The van der Waals surface area contributed by atoms with Crippen LogP contribution >= 0.6 is 0 Å². The van der Waals surface area contributed by atoms with Crippen molar-refractivity contribution in [3.63, 3.8) is 0 Å². The number of Topliss-reactive ketones (excluding diaryl/α,β-unsaturated/α-hetero) is 1. The van der Waals surface area contributed by atoms with Crippen LogP contribution in [0.4, 0.5) is 4.39 Å². The van der Waals surface area contributed by atoms with E-state index in [2.05, 4.69) is 12.2 Å². The number of carbonyl (C=O) groups is 1. The van der Waals surface area contributed by atoms with Crippen molar-refractivity contribution in [2.75, 3.05) is 13.1 Å². The Labute approximate surface area is 105 Å². The number of halogens is 1. The highest BCUT2D eigenvalue weighted by molar-refractivity contribution is 6.00. The average Bonchev–Trinajstić information content (AvgIpc) is 2.32. The van der Waals surface area contributed by atoms with Crippen molar-refractivity contribution in [2.45, 2.75) is 25.4 Å². The minimum atomic E-state index is -0.455. The highest BCUT2D eigenvalue weighted by Crippen LogP contribution is 2.40. The third-order valence-electron chi connectivity index (χ3n) is 4.09. The molecule has 0 saturated carbocycles. The number of piperidine rings is 1. The van der Waals surface area contributed by atoms with Gasteiger partial charge in [-0.1, -0.05) is 6.92 Å². The number of benzene rings is 1. The molecule has 1 spiro atoms. The Morgan fingerprint density at radius 2 is 2.33 bits per heavy atom. The fraction of sp³-hybridized carbons (Fsp3) is 0.500. The van der Waals surface area contributed by atoms with Crippen LogP contribution in [0, 0.1) is 11.7 Å². The van der Waals surface area contributed by atoms with Gasteiger partial charge in [0.1, 0.15) is 17.2 Å². The molecule has 2 aliphatic heterocycles. The van der Waals surface area contributed by atoms with Crippen LogP contribution in [0.25, 0.3) is 0 Å². The van der Waals surface area contributed by atoms with Crippen LogP contribution in [0.5, 0.6) is 5.75 Å². The van der Waals surface area contributed by atoms with Gasteiger partial charge in [0.15, 0.2) is 5.78 Å². The lowest BCUT2D eigenvalue weighted by molar-refractivity contribution is -0.0190. The first-order valence-electron chi connectivity index (χ1n) is 6.33. The summed E-state index contributed by atoms with van der Waals surface area (Å²) in [7, 11) is 0. The van der Waals surface area contributed by atoms with Crippen molar-refractivity contribution < 1.29 is 13.9 Å². The van der Waals surface area contributed by atoms with Crippen molar-refractivity contribution in [1.82, 2.24) is 5.32 Å². The molecule has 0 amide bonds. The molecule has 3 nitrogen and oxygen atoms in total. The summed E-state index contributed by atoms with van der Waals surface area (Å²) >= 11 is 0. The molecule has 0 aliphatic carbocycles. The van der Waals surface area contributed by atoms with Gasteiger partial charge in [-0.2, -0.15) is 0 Å². The number of carbonyl (C=O) groups excluding carboxylic acids is 1. The highest BCUT2D eigenvalue weighted by atomic mass is 19.1. The molecule has 1 N–H and O–H groups in total. The fourth-order valence-corrected chi connectivity index (χ4v) is 2.90. The first kappa shape index (κ1) is 11.7. The first-order valence-corrected chi connectivity index (χ1v) is 6.33. The molecular weight excluding hydrogens is 233 g/mol. The van der Waals surface area contributed by atoms with Crippen molar-refractivity contribution in [3.8, 4) is 5.75 Å². The SMILES string of the molecule is CC1CNCCC12CC(=O)c1ccc(F)cc1O2. The molecule has 2 unspecified atom stereocenters. The van der Waals surface area contributed by atoms with Crippen LogP contribution < -0.4 is 10.1 Å². The van der Waals surface area contributed by atoms with Gasteiger partial charge in [0.25, 0.3) is 0 Å². The van der Waals surface area contributed by atoms with E-state index in [0.717, 1.165) is 19.5 Å². The van der Waals surface area contributed by atoms with Gasteiger partial charge in [-0.3, -0.25) is 4.79 Å². The van der Waals surface area contributed by atoms with Gasteiger partial charge in [-0.25, -0.2) is 4.39 Å². The van der Waals surface area contributed by atoms with Crippen molar-refractivity contribution >= 4 is 5.78 Å². The average molecular weight is 249 g/mol. The van der Waals surface area contributed by atoms with Crippen molar-refractivity contribution in [2.24, 2.45) is 5.92 Å². The smallest absolute Gasteiger partial charge is 0.170 e. The molecule has 1 fully saturated rings. The lowest BCUT2D eigenvalue weighted by Gasteiger charge is -2.45. The molecule has 0 radical (unpaired) electrons.